The average molecular weight is 260 g/mol. The number of hydrogen-bond donors (Lipinski definition) is 1. The predicted octanol–water partition coefficient (Wildman–Crippen LogP) is 3.42. The summed E-state index contributed by atoms with van der Waals surface area (Å²) in [5.74, 6) is 0.935. The molecule has 0 aliphatic heterocycles. The topological polar surface area (TPSA) is 28.4 Å². The normalized spacial score (nSPS) is 10.1. The van der Waals surface area contributed by atoms with Gasteiger partial charge in [-0.3, -0.25) is 0 Å². The molecule has 4 heteroatoms. The van der Waals surface area contributed by atoms with Gasteiger partial charge in [0.2, 0.25) is 0 Å². The van der Waals surface area contributed by atoms with Crippen molar-refractivity contribution in [3.05, 3.63) is 54.0 Å². The molecule has 1 N–H and O–H groups in total. The first-order chi connectivity index (χ1) is 8.66. The van der Waals surface area contributed by atoms with Crippen molar-refractivity contribution in [1.82, 2.24) is 4.90 Å². The van der Waals surface area contributed by atoms with E-state index in [4.69, 9.17) is 16.6 Å². The van der Waals surface area contributed by atoms with Crippen LogP contribution in [-0.4, -0.2) is 17.1 Å². The van der Waals surface area contributed by atoms with Crippen LogP contribution in [0.1, 0.15) is 11.3 Å². The van der Waals surface area contributed by atoms with Crippen molar-refractivity contribution in [2.24, 2.45) is 0 Å². The lowest BCUT2D eigenvalue weighted by Gasteiger charge is -2.20. The summed E-state index contributed by atoms with van der Waals surface area (Å²) < 4.78 is 5.27. The Balaban J connectivity index is 1.95. The quantitative estimate of drug-likeness (QED) is 0.856. The lowest BCUT2D eigenvalue weighted by atomic mass is 10.2. The second-order valence-corrected chi connectivity index (χ2v) is 4.54. The molecule has 0 radical (unpaired) electrons. The maximum atomic E-state index is 5.36. The Labute approximate surface area is 112 Å². The molecule has 1 heterocycles. The van der Waals surface area contributed by atoms with E-state index in [0.717, 1.165) is 23.6 Å². The summed E-state index contributed by atoms with van der Waals surface area (Å²) in [6.07, 6.45) is 1.70. The number of nitrogens with one attached hydrogen (secondary N) is 1. The molecule has 2 aromatic rings. The minimum atomic E-state index is 0.696. The van der Waals surface area contributed by atoms with Crippen LogP contribution >= 0.6 is 12.2 Å². The van der Waals surface area contributed by atoms with Gasteiger partial charge in [0.05, 0.1) is 6.26 Å². The predicted molar refractivity (Wildman–Crippen MR) is 77.6 cm³/mol. The highest BCUT2D eigenvalue weighted by Crippen LogP contribution is 2.12. The van der Waals surface area contributed by atoms with Gasteiger partial charge >= 0.3 is 0 Å². The molecule has 3 nitrogen and oxygen atoms in total. The summed E-state index contributed by atoms with van der Waals surface area (Å²) in [4.78, 5) is 1.99. The van der Waals surface area contributed by atoms with E-state index < -0.39 is 0 Å². The monoisotopic (exact) mass is 260 g/mol. The molecular weight excluding hydrogens is 244 g/mol. The van der Waals surface area contributed by atoms with E-state index in [1.165, 1.54) is 0 Å². The molecule has 0 unspecified atom stereocenters. The number of benzene rings is 1. The third-order valence-corrected chi connectivity index (χ3v) is 3.16. The zero-order valence-electron chi connectivity index (χ0n) is 10.5. The first kappa shape index (κ1) is 12.6. The Bertz CT molecular complexity index is 522. The second kappa shape index (κ2) is 5.69. The molecule has 94 valence electrons. The minimum Gasteiger partial charge on any atom is -0.469 e. The minimum absolute atomic E-state index is 0.696. The highest BCUT2D eigenvalue weighted by Gasteiger charge is 2.08. The maximum Gasteiger partial charge on any atom is 0.173 e. The number of thiocarbonyl (C=S) groups is 1. The number of hydrogen-bond acceptors (Lipinski definition) is 2. The number of rotatable bonds is 3. The van der Waals surface area contributed by atoms with Crippen LogP contribution in [0.15, 0.2) is 47.1 Å². The number of furan rings is 1. The summed E-state index contributed by atoms with van der Waals surface area (Å²) in [6.45, 7) is 2.69. The number of para-hydroxylation sites is 1. The lowest BCUT2D eigenvalue weighted by Crippen LogP contribution is -2.30. The molecule has 0 bridgehead atoms. The van der Waals surface area contributed by atoms with Crippen LogP contribution in [0.3, 0.4) is 0 Å². The van der Waals surface area contributed by atoms with Gasteiger partial charge in [0.25, 0.3) is 0 Å². The molecular formula is C14H16N2OS. The van der Waals surface area contributed by atoms with E-state index in [9.17, 15) is 0 Å². The molecule has 0 fully saturated rings. The van der Waals surface area contributed by atoms with E-state index >= 15 is 0 Å². The first-order valence-corrected chi connectivity index (χ1v) is 6.18. The average Bonchev–Trinajstić information content (AvgIpc) is 2.76. The van der Waals surface area contributed by atoms with Crippen LogP contribution < -0.4 is 5.32 Å². The Morgan fingerprint density at radius 1 is 1.28 bits per heavy atom. The Morgan fingerprint density at radius 3 is 2.61 bits per heavy atom. The van der Waals surface area contributed by atoms with Crippen LogP contribution in [0, 0.1) is 6.92 Å². The highest BCUT2D eigenvalue weighted by atomic mass is 32.1. The van der Waals surface area contributed by atoms with E-state index in [1.54, 1.807) is 6.26 Å². The zero-order chi connectivity index (χ0) is 13.0. The SMILES string of the molecule is Cc1occc1CN(C)C(=S)Nc1ccccc1. The molecule has 1 aromatic heterocycles. The molecule has 0 aliphatic carbocycles. The Kier molecular flexibility index (Phi) is 3.99. The van der Waals surface area contributed by atoms with Gasteiger partial charge in [-0.15, -0.1) is 0 Å². The third-order valence-electron chi connectivity index (χ3n) is 2.75. The van der Waals surface area contributed by atoms with Crippen molar-refractivity contribution in [1.29, 1.82) is 0 Å². The Hall–Kier alpha value is -1.81. The van der Waals surface area contributed by atoms with Gasteiger partial charge in [0.1, 0.15) is 5.76 Å². The van der Waals surface area contributed by atoms with Gasteiger partial charge in [0, 0.05) is 24.8 Å². The highest BCUT2D eigenvalue weighted by molar-refractivity contribution is 7.80. The van der Waals surface area contributed by atoms with Gasteiger partial charge in [-0.1, -0.05) is 18.2 Å². The number of aryl methyl sites for hydroxylation is 1. The van der Waals surface area contributed by atoms with Gasteiger partial charge < -0.3 is 14.6 Å². The molecule has 18 heavy (non-hydrogen) atoms. The zero-order valence-corrected chi connectivity index (χ0v) is 11.3. The Morgan fingerprint density at radius 2 is 2.00 bits per heavy atom. The summed E-state index contributed by atoms with van der Waals surface area (Å²) in [5, 5.41) is 3.90. The fraction of sp³-hybridized carbons (Fsp3) is 0.214. The third kappa shape index (κ3) is 3.11. The molecule has 0 spiro atoms. The lowest BCUT2D eigenvalue weighted by molar-refractivity contribution is 0.486. The standard InChI is InChI=1S/C14H16N2OS/c1-11-12(8-9-17-11)10-16(2)14(18)15-13-6-4-3-5-7-13/h3-9H,10H2,1-2H3,(H,15,18). The molecule has 1 aromatic carbocycles. The summed E-state index contributed by atoms with van der Waals surface area (Å²) >= 11 is 5.36. The largest absolute Gasteiger partial charge is 0.469 e. The summed E-state index contributed by atoms with van der Waals surface area (Å²) in [5.41, 5.74) is 2.15. The van der Waals surface area contributed by atoms with Crippen molar-refractivity contribution >= 4 is 23.0 Å². The van der Waals surface area contributed by atoms with Crippen molar-refractivity contribution in [3.8, 4) is 0 Å². The van der Waals surface area contributed by atoms with Crippen LogP contribution in [0.25, 0.3) is 0 Å². The number of anilines is 1. The maximum absolute atomic E-state index is 5.36. The van der Waals surface area contributed by atoms with Gasteiger partial charge in [-0.05, 0) is 37.3 Å². The van der Waals surface area contributed by atoms with Crippen LogP contribution in [-0.2, 0) is 6.54 Å². The van der Waals surface area contributed by atoms with Gasteiger partial charge in [0.15, 0.2) is 5.11 Å². The molecule has 0 saturated carbocycles. The van der Waals surface area contributed by atoms with Crippen LogP contribution in [0.4, 0.5) is 5.69 Å². The van der Waals surface area contributed by atoms with E-state index in [0.29, 0.717) is 5.11 Å². The first-order valence-electron chi connectivity index (χ1n) is 5.77. The fourth-order valence-electron chi connectivity index (χ4n) is 1.64. The smallest absolute Gasteiger partial charge is 0.173 e. The van der Waals surface area contributed by atoms with E-state index in [-0.39, 0.29) is 0 Å². The molecule has 0 saturated heterocycles. The van der Waals surface area contributed by atoms with Crippen molar-refractivity contribution in [3.63, 3.8) is 0 Å². The number of nitrogens with zero attached hydrogens (tertiary/aromatic N) is 1. The second-order valence-electron chi connectivity index (χ2n) is 4.15. The van der Waals surface area contributed by atoms with Crippen molar-refractivity contribution in [2.75, 3.05) is 12.4 Å². The van der Waals surface area contributed by atoms with Crippen molar-refractivity contribution in [2.45, 2.75) is 13.5 Å². The van der Waals surface area contributed by atoms with E-state index in [2.05, 4.69) is 5.32 Å². The van der Waals surface area contributed by atoms with Gasteiger partial charge in [-0.25, -0.2) is 0 Å². The summed E-state index contributed by atoms with van der Waals surface area (Å²) in [7, 11) is 1.96. The summed E-state index contributed by atoms with van der Waals surface area (Å²) in [6, 6.07) is 11.9. The molecule has 0 aliphatic rings. The fourth-order valence-corrected chi connectivity index (χ4v) is 1.83. The molecule has 2 rings (SSSR count). The van der Waals surface area contributed by atoms with Gasteiger partial charge in [-0.2, -0.15) is 0 Å². The van der Waals surface area contributed by atoms with Crippen LogP contribution in [0.5, 0.6) is 0 Å². The van der Waals surface area contributed by atoms with Crippen molar-refractivity contribution < 1.29 is 4.42 Å². The van der Waals surface area contributed by atoms with Crippen LogP contribution in [0.2, 0.25) is 0 Å². The molecule has 0 amide bonds. The van der Waals surface area contributed by atoms with E-state index in [1.807, 2.05) is 55.3 Å². The molecule has 0 atom stereocenters.